The van der Waals surface area contributed by atoms with Gasteiger partial charge in [0.2, 0.25) is 0 Å². The third-order valence-electron chi connectivity index (χ3n) is 1.48. The first-order chi connectivity index (χ1) is 6.69. The summed E-state index contributed by atoms with van der Waals surface area (Å²) in [7, 11) is 0. The van der Waals surface area contributed by atoms with Gasteiger partial charge < -0.3 is 10.5 Å². The number of anilines is 1. The minimum atomic E-state index is -0.481. The highest BCUT2D eigenvalue weighted by molar-refractivity contribution is 14.1. The molecule has 1 heterocycles. The maximum Gasteiger partial charge on any atom is 0.343 e. The third kappa shape index (κ3) is 2.53. The van der Waals surface area contributed by atoms with E-state index in [2.05, 4.69) is 32.6 Å². The van der Waals surface area contributed by atoms with Gasteiger partial charge in [-0.05, 0) is 6.92 Å². The number of aromatic nitrogens is 2. The number of ether oxygens (including phenoxy) is 1. The molecule has 0 bridgehead atoms. The van der Waals surface area contributed by atoms with Gasteiger partial charge in [0, 0.05) is 6.20 Å². The number of nitrogen functional groups attached to an aromatic ring is 1. The average molecular weight is 307 g/mol. The second-order valence-corrected chi connectivity index (χ2v) is 3.20. The van der Waals surface area contributed by atoms with Gasteiger partial charge in [0.25, 0.3) is 0 Å². The molecule has 0 amide bonds. The van der Waals surface area contributed by atoms with Crippen molar-refractivity contribution >= 4 is 34.4 Å². The lowest BCUT2D eigenvalue weighted by Gasteiger charge is -2.04. The molecule has 0 fully saturated rings. The van der Waals surface area contributed by atoms with Crippen molar-refractivity contribution in [1.82, 2.24) is 9.97 Å². The molecule has 0 saturated carbocycles. The topological polar surface area (TPSA) is 78.1 Å². The van der Waals surface area contributed by atoms with Crippen molar-refractivity contribution in [2.24, 2.45) is 0 Å². The summed E-state index contributed by atoms with van der Waals surface area (Å²) in [5.41, 5.74) is 5.80. The Bertz CT molecular complexity index is 343. The Morgan fingerprint density at radius 1 is 1.71 bits per heavy atom. The van der Waals surface area contributed by atoms with Gasteiger partial charge >= 0.3 is 5.97 Å². The number of carbonyl (C=O) groups excluding carboxylic acids is 1. The van der Waals surface area contributed by atoms with Crippen molar-refractivity contribution in [3.8, 4) is 0 Å². The fourth-order valence-corrected chi connectivity index (χ4v) is 1.23. The lowest BCUT2D eigenvalue weighted by atomic mass is 10.3. The molecule has 6 heteroatoms. The first-order valence-electron chi connectivity index (χ1n) is 4.03. The number of nitrogens with two attached hydrogens (primary N) is 1. The first-order valence-corrected chi connectivity index (χ1v) is 5.56. The zero-order chi connectivity index (χ0) is 10.6. The molecule has 0 aliphatic carbocycles. The standard InChI is InChI=1S/C8H10IN3O2/c1-2-14-8(13)5-4-11-6(3-9)12-7(5)10/h4H,2-3H2,1H3,(H2,10,11,12). The molecule has 0 aliphatic rings. The van der Waals surface area contributed by atoms with Crippen LogP contribution in [0.15, 0.2) is 6.20 Å². The molecule has 1 aromatic rings. The molecular weight excluding hydrogens is 297 g/mol. The molecule has 2 N–H and O–H groups in total. The summed E-state index contributed by atoms with van der Waals surface area (Å²) in [4.78, 5) is 19.2. The van der Waals surface area contributed by atoms with E-state index in [0.29, 0.717) is 16.9 Å². The van der Waals surface area contributed by atoms with Crippen LogP contribution in [-0.2, 0) is 9.16 Å². The van der Waals surface area contributed by atoms with E-state index in [1.807, 2.05) is 0 Å². The summed E-state index contributed by atoms with van der Waals surface area (Å²) in [6.45, 7) is 2.04. The molecule has 0 aliphatic heterocycles. The second-order valence-electron chi connectivity index (χ2n) is 2.44. The SMILES string of the molecule is CCOC(=O)c1cnc(CI)nc1N. The van der Waals surface area contributed by atoms with E-state index >= 15 is 0 Å². The summed E-state index contributed by atoms with van der Waals surface area (Å²) in [6, 6.07) is 0. The quantitative estimate of drug-likeness (QED) is 0.515. The molecule has 0 unspecified atom stereocenters. The molecule has 5 nitrogen and oxygen atoms in total. The van der Waals surface area contributed by atoms with Crippen LogP contribution in [0.4, 0.5) is 5.82 Å². The highest BCUT2D eigenvalue weighted by Gasteiger charge is 2.12. The van der Waals surface area contributed by atoms with E-state index < -0.39 is 5.97 Å². The highest BCUT2D eigenvalue weighted by Crippen LogP contribution is 2.10. The van der Waals surface area contributed by atoms with Gasteiger partial charge in [-0.25, -0.2) is 14.8 Å². The van der Waals surface area contributed by atoms with Crippen LogP contribution in [0.25, 0.3) is 0 Å². The smallest absolute Gasteiger partial charge is 0.343 e. The Morgan fingerprint density at radius 3 is 2.93 bits per heavy atom. The Morgan fingerprint density at radius 2 is 2.43 bits per heavy atom. The van der Waals surface area contributed by atoms with Crippen molar-refractivity contribution in [3.05, 3.63) is 17.6 Å². The Balaban J connectivity index is 2.94. The van der Waals surface area contributed by atoms with Crippen molar-refractivity contribution in [3.63, 3.8) is 0 Å². The molecule has 76 valence electrons. The molecule has 14 heavy (non-hydrogen) atoms. The predicted octanol–water partition coefficient (Wildman–Crippen LogP) is 1.17. The molecular formula is C8H10IN3O2. The van der Waals surface area contributed by atoms with Crippen LogP contribution in [0.2, 0.25) is 0 Å². The number of hydrogen-bond donors (Lipinski definition) is 1. The number of carbonyl (C=O) groups is 1. The number of nitrogens with zero attached hydrogens (tertiary/aromatic N) is 2. The fraction of sp³-hybridized carbons (Fsp3) is 0.375. The Hall–Kier alpha value is -0.920. The van der Waals surface area contributed by atoms with Gasteiger partial charge in [-0.3, -0.25) is 0 Å². The molecule has 0 aromatic carbocycles. The number of alkyl halides is 1. The Labute approximate surface area is 95.2 Å². The van der Waals surface area contributed by atoms with Crippen molar-refractivity contribution in [1.29, 1.82) is 0 Å². The van der Waals surface area contributed by atoms with Crippen LogP contribution in [0.3, 0.4) is 0 Å². The van der Waals surface area contributed by atoms with Crippen molar-refractivity contribution < 1.29 is 9.53 Å². The van der Waals surface area contributed by atoms with Gasteiger partial charge in [-0.2, -0.15) is 0 Å². The summed E-state index contributed by atoms with van der Waals surface area (Å²) < 4.78 is 5.44. The monoisotopic (exact) mass is 307 g/mol. The molecule has 0 saturated heterocycles. The van der Waals surface area contributed by atoms with E-state index in [1.54, 1.807) is 6.92 Å². The summed E-state index contributed by atoms with van der Waals surface area (Å²) >= 11 is 2.12. The summed E-state index contributed by atoms with van der Waals surface area (Å²) in [5, 5.41) is 0. The third-order valence-corrected chi connectivity index (χ3v) is 2.17. The zero-order valence-electron chi connectivity index (χ0n) is 7.66. The van der Waals surface area contributed by atoms with Gasteiger partial charge in [-0.15, -0.1) is 0 Å². The van der Waals surface area contributed by atoms with Gasteiger partial charge in [-0.1, -0.05) is 22.6 Å². The Kier molecular flexibility index (Phi) is 4.05. The average Bonchev–Trinajstić information content (AvgIpc) is 2.17. The molecule has 0 atom stereocenters. The largest absolute Gasteiger partial charge is 0.462 e. The van der Waals surface area contributed by atoms with Crippen LogP contribution in [0, 0.1) is 0 Å². The number of hydrogen-bond acceptors (Lipinski definition) is 5. The molecule has 1 aromatic heterocycles. The predicted molar refractivity (Wildman–Crippen MR) is 60.1 cm³/mol. The number of rotatable bonds is 3. The number of halogens is 1. The lowest BCUT2D eigenvalue weighted by molar-refractivity contribution is 0.0526. The molecule has 0 spiro atoms. The normalized spacial score (nSPS) is 9.86. The maximum atomic E-state index is 11.3. The summed E-state index contributed by atoms with van der Waals surface area (Å²) in [6.07, 6.45) is 1.40. The van der Waals surface area contributed by atoms with E-state index in [-0.39, 0.29) is 11.4 Å². The zero-order valence-corrected chi connectivity index (χ0v) is 9.82. The first kappa shape index (κ1) is 11.2. The molecule has 1 rings (SSSR count). The van der Waals surface area contributed by atoms with Crippen molar-refractivity contribution in [2.45, 2.75) is 11.4 Å². The van der Waals surface area contributed by atoms with E-state index in [0.717, 1.165) is 0 Å². The van der Waals surface area contributed by atoms with Crippen LogP contribution >= 0.6 is 22.6 Å². The lowest BCUT2D eigenvalue weighted by Crippen LogP contribution is -2.11. The van der Waals surface area contributed by atoms with E-state index in [4.69, 9.17) is 10.5 Å². The van der Waals surface area contributed by atoms with Crippen LogP contribution in [-0.4, -0.2) is 22.5 Å². The van der Waals surface area contributed by atoms with Crippen LogP contribution in [0.5, 0.6) is 0 Å². The molecule has 0 radical (unpaired) electrons. The van der Waals surface area contributed by atoms with E-state index in [1.165, 1.54) is 6.20 Å². The van der Waals surface area contributed by atoms with Crippen molar-refractivity contribution in [2.75, 3.05) is 12.3 Å². The maximum absolute atomic E-state index is 11.3. The highest BCUT2D eigenvalue weighted by atomic mass is 127. The van der Waals surface area contributed by atoms with Gasteiger partial charge in [0.05, 0.1) is 11.0 Å². The minimum Gasteiger partial charge on any atom is -0.462 e. The fourth-order valence-electron chi connectivity index (χ4n) is 0.864. The minimum absolute atomic E-state index is 0.171. The van der Waals surface area contributed by atoms with Crippen LogP contribution < -0.4 is 5.73 Å². The van der Waals surface area contributed by atoms with Gasteiger partial charge in [0.1, 0.15) is 17.2 Å². The second kappa shape index (κ2) is 5.08. The van der Waals surface area contributed by atoms with Gasteiger partial charge in [0.15, 0.2) is 0 Å². The summed E-state index contributed by atoms with van der Waals surface area (Å²) in [5.74, 6) is 0.297. The van der Waals surface area contributed by atoms with E-state index in [9.17, 15) is 4.79 Å². The van der Waals surface area contributed by atoms with Crippen LogP contribution in [0.1, 0.15) is 23.1 Å². The number of esters is 1.